The van der Waals surface area contributed by atoms with E-state index in [4.69, 9.17) is 21.6 Å². The van der Waals surface area contributed by atoms with Crippen LogP contribution in [0.15, 0.2) is 63.6 Å². The van der Waals surface area contributed by atoms with Gasteiger partial charge >= 0.3 is 0 Å². The second-order valence-electron chi connectivity index (χ2n) is 6.49. The van der Waals surface area contributed by atoms with Crippen LogP contribution in [0.4, 0.5) is 11.4 Å². The number of nitrogens with one attached hydrogen (secondary N) is 1. The summed E-state index contributed by atoms with van der Waals surface area (Å²) in [6.07, 6.45) is 0.978. The lowest BCUT2D eigenvalue weighted by molar-refractivity contribution is 0.519. The first-order valence-electron chi connectivity index (χ1n) is 8.79. The highest BCUT2D eigenvalue weighted by Gasteiger charge is 2.28. The van der Waals surface area contributed by atoms with Crippen molar-refractivity contribution in [3.05, 3.63) is 69.7 Å². The average Bonchev–Trinajstić information content (AvgIpc) is 2.94. The van der Waals surface area contributed by atoms with E-state index >= 15 is 0 Å². The molecule has 0 unspecified atom stereocenters. The zero-order valence-corrected chi connectivity index (χ0v) is 16.9. The Hall–Kier alpha value is -1.89. The standard InChI is InChI=1S/C20H17ClN4S2/c21-15-5-6-18-14(9-15)10-25-16(12-27-20(25)24-18)11-26-19-22-8-7-13-3-1-2-4-17(13)23-19/h1-6,9,12H,7-8,10-11H2,(H,22,23). The van der Waals surface area contributed by atoms with Gasteiger partial charge in [-0.15, -0.1) is 0 Å². The molecule has 0 aromatic heterocycles. The van der Waals surface area contributed by atoms with Crippen molar-refractivity contribution in [2.75, 3.05) is 17.6 Å². The van der Waals surface area contributed by atoms with E-state index in [-0.39, 0.29) is 0 Å². The van der Waals surface area contributed by atoms with Crippen molar-refractivity contribution in [1.29, 1.82) is 0 Å². The molecule has 0 fully saturated rings. The average molecular weight is 413 g/mol. The van der Waals surface area contributed by atoms with Gasteiger partial charge in [-0.3, -0.25) is 4.99 Å². The quantitative estimate of drug-likeness (QED) is 0.708. The van der Waals surface area contributed by atoms with Gasteiger partial charge in [-0.25, -0.2) is 4.99 Å². The largest absolute Gasteiger partial charge is 0.335 e. The number of rotatable bonds is 2. The van der Waals surface area contributed by atoms with Crippen molar-refractivity contribution in [2.24, 2.45) is 9.98 Å². The maximum atomic E-state index is 6.16. The third kappa shape index (κ3) is 3.49. The molecule has 0 bridgehead atoms. The van der Waals surface area contributed by atoms with Crippen LogP contribution in [0.5, 0.6) is 0 Å². The molecule has 2 aromatic rings. The summed E-state index contributed by atoms with van der Waals surface area (Å²) < 4.78 is 0. The molecule has 136 valence electrons. The number of halogens is 1. The number of anilines is 1. The minimum atomic E-state index is 0.759. The third-order valence-corrected chi connectivity index (χ3v) is 6.81. The fourth-order valence-corrected chi connectivity index (χ4v) is 5.42. The summed E-state index contributed by atoms with van der Waals surface area (Å²) in [4.78, 5) is 11.8. The van der Waals surface area contributed by atoms with Crippen LogP contribution >= 0.6 is 35.1 Å². The molecular weight excluding hydrogens is 396 g/mol. The van der Waals surface area contributed by atoms with Gasteiger partial charge in [-0.1, -0.05) is 53.3 Å². The molecule has 5 rings (SSSR count). The number of aliphatic imine (C=N–C) groups is 2. The first-order valence-corrected chi connectivity index (χ1v) is 11.0. The van der Waals surface area contributed by atoms with Crippen LogP contribution < -0.4 is 5.32 Å². The van der Waals surface area contributed by atoms with Gasteiger partial charge in [0.15, 0.2) is 10.3 Å². The lowest BCUT2D eigenvalue weighted by Crippen LogP contribution is -2.27. The minimum absolute atomic E-state index is 0.759. The molecular formula is C20H17ClN4S2. The van der Waals surface area contributed by atoms with Gasteiger partial charge in [-0.05, 0) is 47.2 Å². The highest BCUT2D eigenvalue weighted by molar-refractivity contribution is 8.17. The fraction of sp³-hybridized carbons (Fsp3) is 0.200. The SMILES string of the molecule is Clc1ccc2c(c1)CN1C(CSC3=NCCc4ccccc4N3)=CSC1=N2. The molecule has 0 aliphatic carbocycles. The van der Waals surface area contributed by atoms with Crippen LogP contribution in [0, 0.1) is 0 Å². The number of benzene rings is 2. The molecule has 1 N–H and O–H groups in total. The Morgan fingerprint density at radius 1 is 1.19 bits per heavy atom. The smallest absolute Gasteiger partial charge is 0.173 e. The second kappa shape index (κ2) is 7.26. The van der Waals surface area contributed by atoms with E-state index in [1.165, 1.54) is 22.5 Å². The van der Waals surface area contributed by atoms with Gasteiger partial charge in [-0.2, -0.15) is 0 Å². The summed E-state index contributed by atoms with van der Waals surface area (Å²) in [6.45, 7) is 1.64. The van der Waals surface area contributed by atoms with Gasteiger partial charge in [0, 0.05) is 28.7 Å². The Bertz CT molecular complexity index is 999. The van der Waals surface area contributed by atoms with Crippen molar-refractivity contribution in [2.45, 2.75) is 13.0 Å². The predicted octanol–water partition coefficient (Wildman–Crippen LogP) is 5.49. The third-order valence-electron chi connectivity index (χ3n) is 4.72. The lowest BCUT2D eigenvalue weighted by Gasteiger charge is -2.27. The summed E-state index contributed by atoms with van der Waals surface area (Å²) in [5, 5.41) is 8.48. The molecule has 3 aliphatic heterocycles. The van der Waals surface area contributed by atoms with Crippen molar-refractivity contribution >= 4 is 56.8 Å². The topological polar surface area (TPSA) is 40.0 Å². The van der Waals surface area contributed by atoms with Crippen molar-refractivity contribution in [1.82, 2.24) is 4.90 Å². The van der Waals surface area contributed by atoms with Crippen LogP contribution in [0.3, 0.4) is 0 Å². The zero-order valence-electron chi connectivity index (χ0n) is 14.5. The number of amidine groups is 2. The van der Waals surface area contributed by atoms with Crippen LogP contribution in [0.25, 0.3) is 0 Å². The molecule has 4 nitrogen and oxygen atoms in total. The molecule has 2 aromatic carbocycles. The van der Waals surface area contributed by atoms with Crippen LogP contribution in [-0.2, 0) is 13.0 Å². The van der Waals surface area contributed by atoms with E-state index in [0.29, 0.717) is 0 Å². The molecule has 0 radical (unpaired) electrons. The van der Waals surface area contributed by atoms with Crippen LogP contribution in [0.1, 0.15) is 11.1 Å². The molecule has 0 amide bonds. The van der Waals surface area contributed by atoms with Gasteiger partial charge in [0.1, 0.15) is 0 Å². The Morgan fingerprint density at radius 2 is 2.11 bits per heavy atom. The monoisotopic (exact) mass is 412 g/mol. The maximum Gasteiger partial charge on any atom is 0.173 e. The number of thioether (sulfide) groups is 2. The van der Waals surface area contributed by atoms with E-state index in [1.807, 2.05) is 18.2 Å². The van der Waals surface area contributed by atoms with Crippen molar-refractivity contribution in [3.8, 4) is 0 Å². The van der Waals surface area contributed by atoms with Crippen LogP contribution in [0.2, 0.25) is 5.02 Å². The first kappa shape index (κ1) is 17.2. The summed E-state index contributed by atoms with van der Waals surface area (Å²) >= 11 is 9.60. The van der Waals surface area contributed by atoms with Crippen LogP contribution in [-0.4, -0.2) is 27.5 Å². The fourth-order valence-electron chi connectivity index (χ4n) is 3.32. The number of nitrogens with zero attached hydrogens (tertiary/aromatic N) is 3. The van der Waals surface area contributed by atoms with Crippen molar-refractivity contribution in [3.63, 3.8) is 0 Å². The van der Waals surface area contributed by atoms with Gasteiger partial charge in [0.2, 0.25) is 0 Å². The minimum Gasteiger partial charge on any atom is -0.335 e. The molecule has 0 atom stereocenters. The number of hydrogen-bond acceptors (Lipinski definition) is 6. The molecule has 0 saturated carbocycles. The van der Waals surface area contributed by atoms with E-state index in [2.05, 4.69) is 39.9 Å². The molecule has 3 aliphatic rings. The highest BCUT2D eigenvalue weighted by Crippen LogP contribution is 2.38. The number of fused-ring (bicyclic) bond motifs is 3. The second-order valence-corrected chi connectivity index (χ2v) is 8.73. The van der Waals surface area contributed by atoms with Gasteiger partial charge < -0.3 is 10.2 Å². The molecule has 27 heavy (non-hydrogen) atoms. The highest BCUT2D eigenvalue weighted by atomic mass is 35.5. The molecule has 0 saturated heterocycles. The molecule has 7 heteroatoms. The number of hydrogen-bond donors (Lipinski definition) is 1. The Balaban J connectivity index is 1.28. The van der Waals surface area contributed by atoms with Crippen molar-refractivity contribution < 1.29 is 0 Å². The van der Waals surface area contributed by atoms with E-state index < -0.39 is 0 Å². The zero-order chi connectivity index (χ0) is 18.2. The Kier molecular flexibility index (Phi) is 4.63. The van der Waals surface area contributed by atoms with E-state index in [9.17, 15) is 0 Å². The van der Waals surface area contributed by atoms with E-state index in [0.717, 1.165) is 46.3 Å². The summed E-state index contributed by atoms with van der Waals surface area (Å²) in [6, 6.07) is 14.3. The van der Waals surface area contributed by atoms with Gasteiger partial charge in [0.25, 0.3) is 0 Å². The summed E-state index contributed by atoms with van der Waals surface area (Å²) in [7, 11) is 0. The Labute approximate surface area is 171 Å². The number of para-hydroxylation sites is 1. The predicted molar refractivity (Wildman–Crippen MR) is 118 cm³/mol. The normalized spacial score (nSPS) is 17.7. The lowest BCUT2D eigenvalue weighted by atomic mass is 10.1. The van der Waals surface area contributed by atoms with Gasteiger partial charge in [0.05, 0.1) is 12.2 Å². The summed E-state index contributed by atoms with van der Waals surface area (Å²) in [5.41, 5.74) is 5.94. The maximum absolute atomic E-state index is 6.16. The summed E-state index contributed by atoms with van der Waals surface area (Å²) in [5.74, 6) is 0.857. The molecule has 0 spiro atoms. The van der Waals surface area contributed by atoms with E-state index in [1.54, 1.807) is 23.5 Å². The first-order chi connectivity index (χ1) is 13.3. The Morgan fingerprint density at radius 3 is 3.07 bits per heavy atom. The molecule has 3 heterocycles.